The maximum atomic E-state index is 5.78. The van der Waals surface area contributed by atoms with Gasteiger partial charge in [-0.3, -0.25) is 0 Å². The zero-order valence-electron chi connectivity index (χ0n) is 13.4. The fourth-order valence-corrected chi connectivity index (χ4v) is 2.55. The van der Waals surface area contributed by atoms with E-state index >= 15 is 0 Å². The minimum absolute atomic E-state index is 0.125. The highest BCUT2D eigenvalue weighted by molar-refractivity contribution is 5.77. The second-order valence-electron chi connectivity index (χ2n) is 5.59. The van der Waals surface area contributed by atoms with Gasteiger partial charge in [-0.25, -0.2) is 4.98 Å². The summed E-state index contributed by atoms with van der Waals surface area (Å²) in [5.41, 5.74) is 3.42. The van der Waals surface area contributed by atoms with E-state index in [0.717, 1.165) is 22.4 Å². The lowest BCUT2D eigenvalue weighted by atomic mass is 10.2. The van der Waals surface area contributed by atoms with Crippen molar-refractivity contribution >= 4 is 16.8 Å². The van der Waals surface area contributed by atoms with Crippen LogP contribution in [0.2, 0.25) is 0 Å². The standard InChI is InChI=1S/C18H16N4O2/c1-11(17-21-22-18(24-17)13-6-4-3-5-7-13)19-14-8-9-16-15(10-14)20-12(2)23-16/h3-11,19H,1-2H3/t11-/m1/s1. The van der Waals surface area contributed by atoms with Gasteiger partial charge < -0.3 is 14.2 Å². The second-order valence-corrected chi connectivity index (χ2v) is 5.59. The highest BCUT2D eigenvalue weighted by Gasteiger charge is 2.15. The van der Waals surface area contributed by atoms with Gasteiger partial charge in [-0.1, -0.05) is 18.2 Å². The number of hydrogen-bond acceptors (Lipinski definition) is 6. The van der Waals surface area contributed by atoms with Gasteiger partial charge in [-0.2, -0.15) is 0 Å². The smallest absolute Gasteiger partial charge is 0.247 e. The third-order valence-corrected chi connectivity index (χ3v) is 3.71. The molecule has 4 aromatic rings. The lowest BCUT2D eigenvalue weighted by Crippen LogP contribution is -2.06. The summed E-state index contributed by atoms with van der Waals surface area (Å²) >= 11 is 0. The topological polar surface area (TPSA) is 77.0 Å². The number of benzene rings is 2. The van der Waals surface area contributed by atoms with Crippen molar-refractivity contribution in [1.29, 1.82) is 0 Å². The summed E-state index contributed by atoms with van der Waals surface area (Å²) in [6.45, 7) is 3.81. The van der Waals surface area contributed by atoms with E-state index in [1.54, 1.807) is 0 Å². The third kappa shape index (κ3) is 2.74. The van der Waals surface area contributed by atoms with Gasteiger partial charge in [0.05, 0.1) is 0 Å². The summed E-state index contributed by atoms with van der Waals surface area (Å²) in [5, 5.41) is 11.6. The van der Waals surface area contributed by atoms with E-state index in [1.807, 2.05) is 62.4 Å². The Labute approximate surface area is 138 Å². The quantitative estimate of drug-likeness (QED) is 0.602. The molecular formula is C18H16N4O2. The number of aryl methyl sites for hydroxylation is 1. The minimum atomic E-state index is -0.125. The molecule has 0 aliphatic heterocycles. The number of nitrogens with zero attached hydrogens (tertiary/aromatic N) is 3. The van der Waals surface area contributed by atoms with E-state index in [2.05, 4.69) is 20.5 Å². The van der Waals surface area contributed by atoms with Crippen LogP contribution in [0.4, 0.5) is 5.69 Å². The Balaban J connectivity index is 1.55. The first-order valence-corrected chi connectivity index (χ1v) is 7.71. The molecule has 6 heteroatoms. The van der Waals surface area contributed by atoms with Crippen LogP contribution in [0.3, 0.4) is 0 Å². The molecule has 1 N–H and O–H groups in total. The van der Waals surface area contributed by atoms with E-state index in [1.165, 1.54) is 0 Å². The number of rotatable bonds is 4. The van der Waals surface area contributed by atoms with E-state index in [9.17, 15) is 0 Å². The van der Waals surface area contributed by atoms with Crippen LogP contribution in [0.5, 0.6) is 0 Å². The first kappa shape index (κ1) is 14.4. The average molecular weight is 320 g/mol. The predicted molar refractivity (Wildman–Crippen MR) is 90.5 cm³/mol. The van der Waals surface area contributed by atoms with Gasteiger partial charge in [0.15, 0.2) is 11.5 Å². The lowest BCUT2D eigenvalue weighted by molar-refractivity contribution is 0.485. The minimum Gasteiger partial charge on any atom is -0.441 e. The Morgan fingerprint density at radius 3 is 2.67 bits per heavy atom. The molecule has 0 saturated carbocycles. The van der Waals surface area contributed by atoms with Gasteiger partial charge in [-0.15, -0.1) is 10.2 Å². The van der Waals surface area contributed by atoms with Crippen LogP contribution in [0.1, 0.15) is 24.7 Å². The molecule has 2 aromatic carbocycles. The SMILES string of the molecule is Cc1nc2cc(N[C@H](C)c3nnc(-c4ccccc4)o3)ccc2o1. The molecule has 0 saturated heterocycles. The van der Waals surface area contributed by atoms with Gasteiger partial charge in [-0.05, 0) is 37.3 Å². The monoisotopic (exact) mass is 320 g/mol. The van der Waals surface area contributed by atoms with Crippen molar-refractivity contribution in [2.24, 2.45) is 0 Å². The first-order chi connectivity index (χ1) is 11.7. The number of hydrogen-bond donors (Lipinski definition) is 1. The van der Waals surface area contributed by atoms with Crippen molar-refractivity contribution in [3.8, 4) is 11.5 Å². The number of fused-ring (bicyclic) bond motifs is 1. The number of oxazole rings is 1. The molecule has 4 rings (SSSR count). The molecule has 6 nitrogen and oxygen atoms in total. The molecule has 1 atom stereocenters. The summed E-state index contributed by atoms with van der Waals surface area (Å²) in [5.74, 6) is 1.70. The Morgan fingerprint density at radius 1 is 1.00 bits per heavy atom. The molecule has 2 heterocycles. The van der Waals surface area contributed by atoms with E-state index in [4.69, 9.17) is 8.83 Å². The maximum absolute atomic E-state index is 5.78. The highest BCUT2D eigenvalue weighted by Crippen LogP contribution is 2.25. The fourth-order valence-electron chi connectivity index (χ4n) is 2.55. The highest BCUT2D eigenvalue weighted by atomic mass is 16.4. The average Bonchev–Trinajstić information content (AvgIpc) is 3.21. The largest absolute Gasteiger partial charge is 0.441 e. The Morgan fingerprint density at radius 2 is 1.83 bits per heavy atom. The Hall–Kier alpha value is -3.15. The van der Waals surface area contributed by atoms with Crippen LogP contribution in [0.15, 0.2) is 57.4 Å². The number of aromatic nitrogens is 3. The molecule has 120 valence electrons. The van der Waals surface area contributed by atoms with Crippen molar-refractivity contribution < 1.29 is 8.83 Å². The number of nitrogens with one attached hydrogen (secondary N) is 1. The van der Waals surface area contributed by atoms with Crippen molar-refractivity contribution in [2.45, 2.75) is 19.9 Å². The maximum Gasteiger partial charge on any atom is 0.247 e. The molecular weight excluding hydrogens is 304 g/mol. The van der Waals surface area contributed by atoms with Crippen LogP contribution in [0, 0.1) is 6.92 Å². The predicted octanol–water partition coefficient (Wildman–Crippen LogP) is 4.36. The first-order valence-electron chi connectivity index (χ1n) is 7.71. The molecule has 0 radical (unpaired) electrons. The molecule has 0 aliphatic rings. The molecule has 0 spiro atoms. The van der Waals surface area contributed by atoms with E-state index < -0.39 is 0 Å². The molecule has 0 aliphatic carbocycles. The van der Waals surface area contributed by atoms with E-state index in [0.29, 0.717) is 17.7 Å². The van der Waals surface area contributed by atoms with E-state index in [-0.39, 0.29) is 6.04 Å². The summed E-state index contributed by atoms with van der Waals surface area (Å²) in [7, 11) is 0. The summed E-state index contributed by atoms with van der Waals surface area (Å²) < 4.78 is 11.3. The Bertz CT molecular complexity index is 975. The summed E-state index contributed by atoms with van der Waals surface area (Å²) in [6, 6.07) is 15.4. The van der Waals surface area contributed by atoms with Crippen LogP contribution < -0.4 is 5.32 Å². The molecule has 0 unspecified atom stereocenters. The summed E-state index contributed by atoms with van der Waals surface area (Å²) in [6.07, 6.45) is 0. The number of anilines is 1. The third-order valence-electron chi connectivity index (χ3n) is 3.71. The summed E-state index contributed by atoms with van der Waals surface area (Å²) in [4.78, 5) is 4.34. The molecule has 24 heavy (non-hydrogen) atoms. The molecule has 2 aromatic heterocycles. The Kier molecular flexibility index (Phi) is 3.49. The van der Waals surface area contributed by atoms with Crippen LogP contribution in [-0.4, -0.2) is 15.2 Å². The fraction of sp³-hybridized carbons (Fsp3) is 0.167. The van der Waals surface area contributed by atoms with Gasteiger partial charge in [0, 0.05) is 18.2 Å². The van der Waals surface area contributed by atoms with Crippen LogP contribution >= 0.6 is 0 Å². The van der Waals surface area contributed by atoms with Crippen molar-refractivity contribution in [2.75, 3.05) is 5.32 Å². The molecule has 0 bridgehead atoms. The normalized spacial score (nSPS) is 12.4. The van der Waals surface area contributed by atoms with Gasteiger partial charge >= 0.3 is 0 Å². The van der Waals surface area contributed by atoms with Crippen molar-refractivity contribution in [1.82, 2.24) is 15.2 Å². The molecule has 0 amide bonds. The van der Waals surface area contributed by atoms with Gasteiger partial charge in [0.2, 0.25) is 11.8 Å². The molecule has 0 fully saturated rings. The zero-order chi connectivity index (χ0) is 16.5. The van der Waals surface area contributed by atoms with Crippen molar-refractivity contribution in [3.63, 3.8) is 0 Å². The second kappa shape index (κ2) is 5.81. The van der Waals surface area contributed by atoms with Gasteiger partial charge in [0.25, 0.3) is 0 Å². The van der Waals surface area contributed by atoms with Crippen molar-refractivity contribution in [3.05, 3.63) is 60.3 Å². The lowest BCUT2D eigenvalue weighted by Gasteiger charge is -2.10. The zero-order valence-corrected chi connectivity index (χ0v) is 13.4. The van der Waals surface area contributed by atoms with Crippen LogP contribution in [0.25, 0.3) is 22.6 Å². The van der Waals surface area contributed by atoms with Gasteiger partial charge in [0.1, 0.15) is 11.6 Å². The van der Waals surface area contributed by atoms with Crippen LogP contribution in [-0.2, 0) is 0 Å².